The third kappa shape index (κ3) is 3.58. The molecule has 4 rings (SSSR count). The molecule has 0 radical (unpaired) electrons. The van der Waals surface area contributed by atoms with Crippen LogP contribution in [0.4, 0.5) is 20.5 Å². The number of rotatable bonds is 5. The zero-order valence-electron chi connectivity index (χ0n) is 16.3. The Labute approximate surface area is 183 Å². The van der Waals surface area contributed by atoms with Gasteiger partial charge in [-0.1, -0.05) is 17.7 Å². The molecule has 0 bridgehead atoms. The smallest absolute Gasteiger partial charge is 0.281 e. The first-order valence-corrected chi connectivity index (χ1v) is 9.52. The summed E-state index contributed by atoms with van der Waals surface area (Å²) in [4.78, 5) is 25.2. The van der Waals surface area contributed by atoms with Crippen LogP contribution in [0.1, 0.15) is 36.5 Å². The van der Waals surface area contributed by atoms with E-state index in [1.54, 1.807) is 37.3 Å². The van der Waals surface area contributed by atoms with Gasteiger partial charge < -0.3 is 11.1 Å². The zero-order chi connectivity index (χ0) is 23.0. The van der Waals surface area contributed by atoms with E-state index in [-0.39, 0.29) is 22.1 Å². The fraction of sp³-hybridized carbons (Fsp3) is 0.158. The third-order valence-electron chi connectivity index (χ3n) is 4.61. The lowest BCUT2D eigenvalue weighted by Gasteiger charge is -2.20. The van der Waals surface area contributed by atoms with Gasteiger partial charge in [0.2, 0.25) is 5.95 Å². The van der Waals surface area contributed by atoms with Crippen molar-refractivity contribution in [2.45, 2.75) is 19.4 Å². The van der Waals surface area contributed by atoms with Gasteiger partial charge in [-0.2, -0.15) is 15.3 Å². The molecule has 3 aromatic heterocycles. The van der Waals surface area contributed by atoms with Crippen molar-refractivity contribution in [1.29, 1.82) is 5.26 Å². The molecular formula is C19H14ClF2N9O. The van der Waals surface area contributed by atoms with Gasteiger partial charge in [0, 0.05) is 6.07 Å². The molecule has 32 heavy (non-hydrogen) atoms. The largest absolute Gasteiger partial charge is 0.368 e. The van der Waals surface area contributed by atoms with Crippen LogP contribution < -0.4 is 16.6 Å². The summed E-state index contributed by atoms with van der Waals surface area (Å²) in [6.07, 6.45) is -1.58. The highest BCUT2D eigenvalue weighted by molar-refractivity contribution is 6.35. The molecular weight excluding hydrogens is 444 g/mol. The van der Waals surface area contributed by atoms with Gasteiger partial charge in [-0.25, -0.2) is 23.3 Å². The molecule has 0 saturated carbocycles. The number of nitriles is 1. The highest BCUT2D eigenvalue weighted by atomic mass is 35.5. The van der Waals surface area contributed by atoms with Crippen molar-refractivity contribution >= 4 is 34.3 Å². The number of aromatic amines is 1. The van der Waals surface area contributed by atoms with Crippen LogP contribution in [0.3, 0.4) is 0 Å². The minimum atomic E-state index is -3.03. The van der Waals surface area contributed by atoms with Crippen LogP contribution in [0.2, 0.25) is 5.02 Å². The summed E-state index contributed by atoms with van der Waals surface area (Å²) >= 11 is 6.23. The number of nitrogens with two attached hydrogens (primary N) is 1. The second kappa shape index (κ2) is 8.20. The van der Waals surface area contributed by atoms with Gasteiger partial charge in [-0.3, -0.25) is 9.89 Å². The van der Waals surface area contributed by atoms with E-state index in [9.17, 15) is 18.8 Å². The molecule has 0 saturated heterocycles. The van der Waals surface area contributed by atoms with Crippen LogP contribution in [0.15, 0.2) is 35.3 Å². The minimum absolute atomic E-state index is 0.189. The monoisotopic (exact) mass is 457 g/mol. The SMILES string of the molecule is C[C@H](Nc1nc(N)nc(C(F)F)c1C#N)c1nc2cccc(Cl)c2c(=O)n1-c1ccn[nH]1. The molecule has 3 heterocycles. The van der Waals surface area contributed by atoms with Gasteiger partial charge >= 0.3 is 0 Å². The van der Waals surface area contributed by atoms with Gasteiger partial charge in [-0.15, -0.1) is 0 Å². The first-order valence-electron chi connectivity index (χ1n) is 9.15. The summed E-state index contributed by atoms with van der Waals surface area (Å²) in [7, 11) is 0. The van der Waals surface area contributed by atoms with E-state index < -0.39 is 35.2 Å². The van der Waals surface area contributed by atoms with Crippen LogP contribution in [0.25, 0.3) is 16.7 Å². The number of H-pyrrole nitrogens is 1. The number of anilines is 2. The minimum Gasteiger partial charge on any atom is -0.368 e. The Balaban J connectivity index is 1.91. The van der Waals surface area contributed by atoms with Crippen molar-refractivity contribution < 1.29 is 8.78 Å². The molecule has 0 fully saturated rings. The Morgan fingerprint density at radius 3 is 2.72 bits per heavy atom. The molecule has 162 valence electrons. The second-order valence-corrected chi connectivity index (χ2v) is 7.06. The van der Waals surface area contributed by atoms with Crippen molar-refractivity contribution in [3.8, 4) is 11.9 Å². The number of nitrogen functional groups attached to an aromatic ring is 1. The van der Waals surface area contributed by atoms with Crippen LogP contribution in [-0.4, -0.2) is 29.7 Å². The normalized spacial score (nSPS) is 12.1. The number of nitrogens with one attached hydrogen (secondary N) is 2. The van der Waals surface area contributed by atoms with E-state index in [1.165, 1.54) is 10.8 Å². The Morgan fingerprint density at radius 1 is 1.28 bits per heavy atom. The average molecular weight is 458 g/mol. The maximum absolute atomic E-state index is 13.3. The molecule has 10 nitrogen and oxygen atoms in total. The number of hydrogen-bond acceptors (Lipinski definition) is 8. The van der Waals surface area contributed by atoms with E-state index in [0.717, 1.165) is 0 Å². The third-order valence-corrected chi connectivity index (χ3v) is 4.93. The maximum atomic E-state index is 13.3. The zero-order valence-corrected chi connectivity index (χ0v) is 17.1. The molecule has 0 aliphatic heterocycles. The highest BCUT2D eigenvalue weighted by Crippen LogP contribution is 2.29. The lowest BCUT2D eigenvalue weighted by molar-refractivity contribution is 0.146. The Morgan fingerprint density at radius 2 is 2.06 bits per heavy atom. The van der Waals surface area contributed by atoms with E-state index in [0.29, 0.717) is 11.3 Å². The predicted octanol–water partition coefficient (Wildman–Crippen LogP) is 3.12. The Bertz CT molecular complexity index is 1410. The fourth-order valence-corrected chi connectivity index (χ4v) is 3.49. The molecule has 1 atom stereocenters. The molecule has 0 aliphatic rings. The fourth-order valence-electron chi connectivity index (χ4n) is 3.24. The van der Waals surface area contributed by atoms with E-state index in [1.807, 2.05) is 0 Å². The van der Waals surface area contributed by atoms with Gasteiger partial charge in [0.05, 0.1) is 28.2 Å². The first kappa shape index (κ1) is 21.1. The molecule has 4 aromatic rings. The summed E-state index contributed by atoms with van der Waals surface area (Å²) in [6, 6.07) is 7.28. The number of fused-ring (bicyclic) bond motifs is 1. The number of nitrogens with zero attached hydrogens (tertiary/aromatic N) is 6. The quantitative estimate of drug-likeness (QED) is 0.413. The first-order chi connectivity index (χ1) is 15.3. The molecule has 0 aliphatic carbocycles. The summed E-state index contributed by atoms with van der Waals surface area (Å²) in [6.45, 7) is 1.62. The van der Waals surface area contributed by atoms with E-state index in [2.05, 4.69) is 30.5 Å². The summed E-state index contributed by atoms with van der Waals surface area (Å²) < 4.78 is 27.9. The molecule has 1 aromatic carbocycles. The Hall–Kier alpha value is -4.11. The van der Waals surface area contributed by atoms with Crippen LogP contribution >= 0.6 is 11.6 Å². The highest BCUT2D eigenvalue weighted by Gasteiger charge is 2.25. The van der Waals surface area contributed by atoms with Gasteiger partial charge in [0.15, 0.2) is 5.82 Å². The number of hydrogen-bond donors (Lipinski definition) is 3. The molecule has 4 N–H and O–H groups in total. The number of aromatic nitrogens is 6. The molecule has 0 amide bonds. The van der Waals surface area contributed by atoms with Gasteiger partial charge in [0.1, 0.15) is 29.0 Å². The van der Waals surface area contributed by atoms with Crippen molar-refractivity contribution in [1.82, 2.24) is 29.7 Å². The van der Waals surface area contributed by atoms with Crippen molar-refractivity contribution in [2.75, 3.05) is 11.1 Å². The molecule has 0 spiro atoms. The summed E-state index contributed by atoms with van der Waals surface area (Å²) in [5.74, 6) is -0.143. The van der Waals surface area contributed by atoms with Crippen molar-refractivity contribution in [3.05, 3.63) is 62.9 Å². The second-order valence-electron chi connectivity index (χ2n) is 6.66. The van der Waals surface area contributed by atoms with Crippen LogP contribution in [-0.2, 0) is 0 Å². The number of halogens is 3. The standard InChI is InChI=1S/C19H14ClF2N9O/c1-8(26-16-9(7-23)14(15(21)22)28-19(24)29-16)17-27-11-4-2-3-10(20)13(11)18(32)31(17)12-5-6-25-30-12/h2-6,8,15H,1H3,(H,25,30)(H3,24,26,28,29)/t8-/m0/s1. The summed E-state index contributed by atoms with van der Waals surface area (Å²) in [5.41, 5.74) is 4.17. The lowest BCUT2D eigenvalue weighted by Crippen LogP contribution is -2.28. The maximum Gasteiger partial charge on any atom is 0.281 e. The average Bonchev–Trinajstić information content (AvgIpc) is 3.27. The number of benzene rings is 1. The topological polar surface area (TPSA) is 151 Å². The van der Waals surface area contributed by atoms with Crippen molar-refractivity contribution in [2.24, 2.45) is 0 Å². The summed E-state index contributed by atoms with van der Waals surface area (Å²) in [5, 5.41) is 19.2. The van der Waals surface area contributed by atoms with Crippen LogP contribution in [0.5, 0.6) is 0 Å². The molecule has 0 unspecified atom stereocenters. The Kier molecular flexibility index (Phi) is 5.41. The predicted molar refractivity (Wildman–Crippen MR) is 113 cm³/mol. The van der Waals surface area contributed by atoms with Crippen molar-refractivity contribution in [3.63, 3.8) is 0 Å². The van der Waals surface area contributed by atoms with Gasteiger partial charge in [0.25, 0.3) is 12.0 Å². The molecule has 13 heteroatoms. The van der Waals surface area contributed by atoms with E-state index in [4.69, 9.17) is 17.3 Å². The number of alkyl halides is 2. The van der Waals surface area contributed by atoms with Gasteiger partial charge in [-0.05, 0) is 19.1 Å². The van der Waals surface area contributed by atoms with Crippen LogP contribution in [0, 0.1) is 11.3 Å². The lowest BCUT2D eigenvalue weighted by atomic mass is 10.2. The van der Waals surface area contributed by atoms with E-state index >= 15 is 0 Å².